The van der Waals surface area contributed by atoms with Crippen molar-refractivity contribution in [2.24, 2.45) is 0 Å². The normalized spacial score (nSPS) is 22.4. The zero-order chi connectivity index (χ0) is 8.27. The molecule has 1 aliphatic rings. The molecule has 0 atom stereocenters. The highest BCUT2D eigenvalue weighted by Crippen LogP contribution is 2.16. The molecule has 0 bridgehead atoms. The second-order valence-electron chi connectivity index (χ2n) is 2.57. The lowest BCUT2D eigenvalue weighted by molar-refractivity contribution is -0.115. The Balaban J connectivity index is 2.87. The van der Waals surface area contributed by atoms with Crippen molar-refractivity contribution in [3.8, 4) is 0 Å². The topological polar surface area (TPSA) is 40.9 Å². The predicted molar refractivity (Wildman–Crippen MR) is 44.9 cm³/mol. The third-order valence-corrected chi connectivity index (χ3v) is 1.74. The van der Waals surface area contributed by atoms with Crippen LogP contribution in [0.5, 0.6) is 0 Å². The van der Waals surface area contributed by atoms with Crippen molar-refractivity contribution in [1.82, 2.24) is 0 Å². The van der Waals surface area contributed by atoms with E-state index in [1.54, 1.807) is 12.2 Å². The number of rotatable bonds is 1. The Kier molecular flexibility index (Phi) is 2.36. The minimum atomic E-state index is 0.0844. The van der Waals surface area contributed by atoms with E-state index >= 15 is 0 Å². The van der Waals surface area contributed by atoms with Crippen LogP contribution in [-0.2, 0) is 4.79 Å². The van der Waals surface area contributed by atoms with E-state index in [0.717, 1.165) is 12.8 Å². The van der Waals surface area contributed by atoms with Gasteiger partial charge < -0.3 is 5.41 Å². The summed E-state index contributed by atoms with van der Waals surface area (Å²) in [6, 6.07) is 0. The van der Waals surface area contributed by atoms with Crippen LogP contribution in [0.1, 0.15) is 19.3 Å². The second-order valence-corrected chi connectivity index (χ2v) is 2.57. The van der Waals surface area contributed by atoms with Gasteiger partial charge in [0, 0.05) is 17.7 Å². The number of allylic oxidation sites excluding steroid dienone is 3. The molecule has 0 amide bonds. The summed E-state index contributed by atoms with van der Waals surface area (Å²) in [5, 5.41) is 7.44. The van der Waals surface area contributed by atoms with Gasteiger partial charge in [-0.25, -0.2) is 0 Å². The molecule has 0 saturated heterocycles. The molecular weight excluding hydrogens is 138 g/mol. The van der Waals surface area contributed by atoms with E-state index in [1.807, 2.05) is 0 Å². The van der Waals surface area contributed by atoms with E-state index in [-0.39, 0.29) is 5.78 Å². The number of hydrogen-bond acceptors (Lipinski definition) is 2. The van der Waals surface area contributed by atoms with Crippen LogP contribution < -0.4 is 0 Å². The number of carbonyl (C=O) groups is 1. The molecule has 2 heteroatoms. The van der Waals surface area contributed by atoms with Crippen LogP contribution in [0.3, 0.4) is 0 Å². The van der Waals surface area contributed by atoms with Gasteiger partial charge in [0.15, 0.2) is 5.78 Å². The van der Waals surface area contributed by atoms with E-state index in [1.165, 1.54) is 0 Å². The Morgan fingerprint density at radius 2 is 2.18 bits per heavy atom. The van der Waals surface area contributed by atoms with Crippen LogP contribution in [0, 0.1) is 5.41 Å². The third-order valence-electron chi connectivity index (χ3n) is 1.74. The van der Waals surface area contributed by atoms with Gasteiger partial charge in [0.25, 0.3) is 0 Å². The fourth-order valence-electron chi connectivity index (χ4n) is 1.17. The van der Waals surface area contributed by atoms with Gasteiger partial charge in [0.1, 0.15) is 0 Å². The highest BCUT2D eigenvalue weighted by Gasteiger charge is 2.18. The van der Waals surface area contributed by atoms with E-state index in [9.17, 15) is 4.79 Å². The van der Waals surface area contributed by atoms with E-state index in [2.05, 4.69) is 6.58 Å². The van der Waals surface area contributed by atoms with Gasteiger partial charge in [-0.3, -0.25) is 4.79 Å². The zero-order valence-electron chi connectivity index (χ0n) is 6.39. The van der Waals surface area contributed by atoms with Crippen LogP contribution in [0.25, 0.3) is 0 Å². The molecule has 1 fully saturated rings. The van der Waals surface area contributed by atoms with Crippen LogP contribution in [0.2, 0.25) is 0 Å². The number of Topliss-reactive ketones (excluding diaryl/α,β-unsaturated/α-hetero) is 1. The van der Waals surface area contributed by atoms with Gasteiger partial charge >= 0.3 is 0 Å². The summed E-state index contributed by atoms with van der Waals surface area (Å²) >= 11 is 0. The summed E-state index contributed by atoms with van der Waals surface area (Å²) in [6.45, 7) is 3.50. The van der Waals surface area contributed by atoms with Crippen molar-refractivity contribution >= 4 is 11.5 Å². The fraction of sp³-hybridized carbons (Fsp3) is 0.333. The van der Waals surface area contributed by atoms with Crippen molar-refractivity contribution < 1.29 is 4.79 Å². The maximum absolute atomic E-state index is 11.1. The summed E-state index contributed by atoms with van der Waals surface area (Å²) in [7, 11) is 0. The molecule has 11 heavy (non-hydrogen) atoms. The summed E-state index contributed by atoms with van der Waals surface area (Å²) in [5.41, 5.74) is 1.01. The molecular formula is C9H11NO. The first kappa shape index (κ1) is 7.92. The Bertz CT molecular complexity index is 220. The van der Waals surface area contributed by atoms with Crippen LogP contribution in [0.4, 0.5) is 0 Å². The third kappa shape index (κ3) is 1.64. The molecule has 1 saturated carbocycles. The van der Waals surface area contributed by atoms with E-state index < -0.39 is 0 Å². The first-order valence-corrected chi connectivity index (χ1v) is 3.69. The Morgan fingerprint density at radius 1 is 1.45 bits per heavy atom. The average Bonchev–Trinajstić information content (AvgIpc) is 1.97. The molecule has 0 aromatic heterocycles. The van der Waals surface area contributed by atoms with Crippen molar-refractivity contribution in [2.75, 3.05) is 0 Å². The van der Waals surface area contributed by atoms with Gasteiger partial charge in [-0.2, -0.15) is 0 Å². The molecule has 0 aliphatic heterocycles. The van der Waals surface area contributed by atoms with Crippen molar-refractivity contribution in [1.29, 1.82) is 5.41 Å². The van der Waals surface area contributed by atoms with Crippen molar-refractivity contribution in [3.05, 3.63) is 24.3 Å². The van der Waals surface area contributed by atoms with Gasteiger partial charge in [-0.05, 0) is 12.8 Å². The van der Waals surface area contributed by atoms with Gasteiger partial charge in [-0.15, -0.1) is 0 Å². The average molecular weight is 149 g/mol. The van der Waals surface area contributed by atoms with Crippen LogP contribution in [0.15, 0.2) is 24.3 Å². The second kappa shape index (κ2) is 3.28. The molecule has 1 aliphatic carbocycles. The SMILES string of the molecule is C=CC=C1C(=N)CCCC1=O. The van der Waals surface area contributed by atoms with E-state index in [0.29, 0.717) is 17.7 Å². The molecule has 1 rings (SSSR count). The molecule has 0 spiro atoms. The summed E-state index contributed by atoms with van der Waals surface area (Å²) in [6.07, 6.45) is 5.33. The molecule has 1 N–H and O–H groups in total. The van der Waals surface area contributed by atoms with Gasteiger partial charge in [0.05, 0.1) is 0 Å². The first-order chi connectivity index (χ1) is 5.25. The standard InChI is InChI=1S/C9H11NO/c1-2-4-7-8(10)5-3-6-9(7)11/h2,4,10H,1,3,5-6H2. The van der Waals surface area contributed by atoms with Gasteiger partial charge in [-0.1, -0.05) is 18.7 Å². The van der Waals surface area contributed by atoms with Crippen molar-refractivity contribution in [2.45, 2.75) is 19.3 Å². The molecule has 58 valence electrons. The van der Waals surface area contributed by atoms with Crippen LogP contribution >= 0.6 is 0 Å². The lowest BCUT2D eigenvalue weighted by Crippen LogP contribution is -2.17. The number of ketones is 1. The molecule has 0 aromatic carbocycles. The quantitative estimate of drug-likeness (QED) is 0.568. The number of hydrogen-bond donors (Lipinski definition) is 1. The largest absolute Gasteiger partial charge is 0.305 e. The number of carbonyl (C=O) groups excluding carboxylic acids is 1. The highest BCUT2D eigenvalue weighted by molar-refractivity contribution is 6.22. The minimum Gasteiger partial charge on any atom is -0.305 e. The fourth-order valence-corrected chi connectivity index (χ4v) is 1.17. The minimum absolute atomic E-state index is 0.0844. The first-order valence-electron chi connectivity index (χ1n) is 3.69. The monoisotopic (exact) mass is 149 g/mol. The Hall–Kier alpha value is -1.18. The lowest BCUT2D eigenvalue weighted by atomic mass is 9.91. The summed E-state index contributed by atoms with van der Waals surface area (Å²) in [4.78, 5) is 11.1. The van der Waals surface area contributed by atoms with E-state index in [4.69, 9.17) is 5.41 Å². The zero-order valence-corrected chi connectivity index (χ0v) is 6.39. The van der Waals surface area contributed by atoms with Gasteiger partial charge in [0.2, 0.25) is 0 Å². The van der Waals surface area contributed by atoms with Crippen LogP contribution in [-0.4, -0.2) is 11.5 Å². The van der Waals surface area contributed by atoms with Crippen molar-refractivity contribution in [3.63, 3.8) is 0 Å². The summed E-state index contributed by atoms with van der Waals surface area (Å²) < 4.78 is 0. The molecule has 0 unspecified atom stereocenters. The molecule has 0 radical (unpaired) electrons. The Morgan fingerprint density at radius 3 is 2.73 bits per heavy atom. The predicted octanol–water partition coefficient (Wildman–Crippen LogP) is 1.87. The maximum Gasteiger partial charge on any atom is 0.164 e. The summed E-state index contributed by atoms with van der Waals surface area (Å²) in [5.74, 6) is 0.0844. The lowest BCUT2D eigenvalue weighted by Gasteiger charge is -2.12. The number of nitrogens with one attached hydrogen (secondary N) is 1. The smallest absolute Gasteiger partial charge is 0.164 e. The molecule has 0 aromatic rings. The maximum atomic E-state index is 11.1. The highest BCUT2D eigenvalue weighted by atomic mass is 16.1. The Labute approximate surface area is 66.1 Å². The molecule has 2 nitrogen and oxygen atoms in total. The molecule has 0 heterocycles.